The number of hydrogen-bond donors (Lipinski definition) is 1. The highest BCUT2D eigenvalue weighted by atomic mass is 19.4. The first kappa shape index (κ1) is 22.2. The van der Waals surface area contributed by atoms with Gasteiger partial charge in [-0.1, -0.05) is 42.5 Å². The van der Waals surface area contributed by atoms with Crippen molar-refractivity contribution >= 4 is 5.97 Å². The number of halogens is 3. The molecule has 3 aromatic carbocycles. The van der Waals surface area contributed by atoms with Crippen molar-refractivity contribution < 1.29 is 32.5 Å². The monoisotopic (exact) mass is 430 g/mol. The van der Waals surface area contributed by atoms with Gasteiger partial charge in [-0.3, -0.25) is 0 Å². The SMILES string of the molecule is CC(Cc1ccc(OCc2ccccc2)cc1)(Oc1ccc(C(F)(F)F)cc1)C(=O)O. The maximum Gasteiger partial charge on any atom is 0.416 e. The van der Waals surface area contributed by atoms with Crippen LogP contribution in [-0.4, -0.2) is 16.7 Å². The Morgan fingerprint density at radius 3 is 1.97 bits per heavy atom. The zero-order valence-electron chi connectivity index (χ0n) is 16.7. The second-order valence-corrected chi connectivity index (χ2v) is 7.26. The Hall–Kier alpha value is -3.48. The lowest BCUT2D eigenvalue weighted by molar-refractivity contribution is -0.153. The fourth-order valence-electron chi connectivity index (χ4n) is 2.96. The molecule has 0 fully saturated rings. The van der Waals surface area contributed by atoms with Crippen LogP contribution in [0.1, 0.15) is 23.6 Å². The van der Waals surface area contributed by atoms with Crippen molar-refractivity contribution in [3.8, 4) is 11.5 Å². The summed E-state index contributed by atoms with van der Waals surface area (Å²) in [6.07, 6.45) is -4.46. The van der Waals surface area contributed by atoms with Gasteiger partial charge in [0.25, 0.3) is 0 Å². The van der Waals surface area contributed by atoms with Crippen LogP contribution in [0.5, 0.6) is 11.5 Å². The number of hydrogen-bond acceptors (Lipinski definition) is 3. The van der Waals surface area contributed by atoms with Crippen LogP contribution >= 0.6 is 0 Å². The minimum absolute atomic E-state index is 0.0162. The Labute approximate surface area is 177 Å². The molecule has 0 aromatic heterocycles. The maximum atomic E-state index is 12.7. The van der Waals surface area contributed by atoms with E-state index in [-0.39, 0.29) is 12.2 Å². The summed E-state index contributed by atoms with van der Waals surface area (Å²) in [5, 5.41) is 9.67. The van der Waals surface area contributed by atoms with Gasteiger partial charge in [0, 0.05) is 6.42 Å². The fraction of sp³-hybridized carbons (Fsp3) is 0.208. The minimum Gasteiger partial charge on any atom is -0.489 e. The van der Waals surface area contributed by atoms with Gasteiger partial charge in [0.15, 0.2) is 0 Å². The van der Waals surface area contributed by atoms with E-state index in [1.807, 2.05) is 30.3 Å². The Balaban J connectivity index is 1.66. The van der Waals surface area contributed by atoms with Crippen molar-refractivity contribution in [1.29, 1.82) is 0 Å². The van der Waals surface area contributed by atoms with Crippen LogP contribution in [0, 0.1) is 0 Å². The zero-order chi connectivity index (χ0) is 22.5. The third-order valence-corrected chi connectivity index (χ3v) is 4.69. The first-order valence-corrected chi connectivity index (χ1v) is 9.51. The summed E-state index contributed by atoms with van der Waals surface area (Å²) in [6, 6.07) is 20.5. The molecule has 0 saturated heterocycles. The average Bonchev–Trinajstić information content (AvgIpc) is 2.73. The van der Waals surface area contributed by atoms with Crippen molar-refractivity contribution in [3.63, 3.8) is 0 Å². The quantitative estimate of drug-likeness (QED) is 0.495. The number of carbonyl (C=O) groups is 1. The van der Waals surface area contributed by atoms with E-state index in [9.17, 15) is 23.1 Å². The first-order valence-electron chi connectivity index (χ1n) is 9.51. The summed E-state index contributed by atoms with van der Waals surface area (Å²) in [6.45, 7) is 1.79. The topological polar surface area (TPSA) is 55.8 Å². The molecular formula is C24H21F3O4. The molecule has 0 heterocycles. The molecule has 0 radical (unpaired) electrons. The van der Waals surface area contributed by atoms with Crippen LogP contribution in [0.15, 0.2) is 78.9 Å². The third kappa shape index (κ3) is 6.01. The second-order valence-electron chi connectivity index (χ2n) is 7.26. The largest absolute Gasteiger partial charge is 0.489 e. The molecule has 31 heavy (non-hydrogen) atoms. The van der Waals surface area contributed by atoms with Gasteiger partial charge in [-0.05, 0) is 54.4 Å². The molecule has 3 aromatic rings. The van der Waals surface area contributed by atoms with E-state index in [1.165, 1.54) is 6.92 Å². The summed E-state index contributed by atoms with van der Waals surface area (Å²) in [5.41, 5.74) is -0.784. The van der Waals surface area contributed by atoms with Crippen LogP contribution < -0.4 is 9.47 Å². The second kappa shape index (κ2) is 9.12. The lowest BCUT2D eigenvalue weighted by atomic mass is 9.96. The number of ether oxygens (including phenoxy) is 2. The van der Waals surface area contributed by atoms with Crippen molar-refractivity contribution in [1.82, 2.24) is 0 Å². The van der Waals surface area contributed by atoms with Crippen LogP contribution in [0.25, 0.3) is 0 Å². The third-order valence-electron chi connectivity index (χ3n) is 4.69. The average molecular weight is 430 g/mol. The Bertz CT molecular complexity index is 1000. The predicted octanol–water partition coefficient (Wildman–Crippen LogP) is 5.75. The van der Waals surface area contributed by atoms with Crippen LogP contribution in [0.3, 0.4) is 0 Å². The van der Waals surface area contributed by atoms with Crippen molar-refractivity contribution in [2.24, 2.45) is 0 Å². The molecule has 1 unspecified atom stereocenters. The molecule has 7 heteroatoms. The summed E-state index contributed by atoms with van der Waals surface area (Å²) in [4.78, 5) is 11.9. The summed E-state index contributed by atoms with van der Waals surface area (Å²) in [5.74, 6) is -0.550. The highest BCUT2D eigenvalue weighted by molar-refractivity contribution is 5.78. The van der Waals surface area contributed by atoms with Gasteiger partial charge in [0.2, 0.25) is 5.60 Å². The summed E-state index contributed by atoms with van der Waals surface area (Å²) < 4.78 is 49.4. The number of carboxylic acids is 1. The molecule has 1 N–H and O–H groups in total. The summed E-state index contributed by atoms with van der Waals surface area (Å²) in [7, 11) is 0. The molecule has 4 nitrogen and oxygen atoms in total. The molecule has 1 atom stereocenters. The number of aliphatic carboxylic acids is 1. The van der Waals surface area contributed by atoms with E-state index in [2.05, 4.69) is 0 Å². The molecule has 0 spiro atoms. The van der Waals surface area contributed by atoms with Gasteiger partial charge in [0.1, 0.15) is 18.1 Å². The maximum absolute atomic E-state index is 12.7. The van der Waals surface area contributed by atoms with Crippen molar-refractivity contribution in [3.05, 3.63) is 95.6 Å². The Kier molecular flexibility index (Phi) is 6.53. The zero-order valence-corrected chi connectivity index (χ0v) is 16.7. The lowest BCUT2D eigenvalue weighted by Gasteiger charge is -2.26. The van der Waals surface area contributed by atoms with E-state index >= 15 is 0 Å². The first-order chi connectivity index (χ1) is 14.7. The molecule has 0 aliphatic carbocycles. The van der Waals surface area contributed by atoms with E-state index in [4.69, 9.17) is 9.47 Å². The fourth-order valence-corrected chi connectivity index (χ4v) is 2.96. The van der Waals surface area contributed by atoms with Crippen LogP contribution in [0.4, 0.5) is 13.2 Å². The van der Waals surface area contributed by atoms with Gasteiger partial charge in [0.05, 0.1) is 5.56 Å². The van der Waals surface area contributed by atoms with Crippen molar-refractivity contribution in [2.75, 3.05) is 0 Å². The van der Waals surface area contributed by atoms with Crippen LogP contribution in [0.2, 0.25) is 0 Å². The van der Waals surface area contributed by atoms with E-state index in [0.717, 1.165) is 29.8 Å². The van der Waals surface area contributed by atoms with Gasteiger partial charge in [-0.15, -0.1) is 0 Å². The normalized spacial score (nSPS) is 13.3. The van der Waals surface area contributed by atoms with Gasteiger partial charge < -0.3 is 14.6 Å². The summed E-state index contributed by atoms with van der Waals surface area (Å²) >= 11 is 0. The minimum atomic E-state index is -4.47. The molecular weight excluding hydrogens is 409 g/mol. The molecule has 0 aliphatic rings. The number of benzene rings is 3. The predicted molar refractivity (Wildman–Crippen MR) is 109 cm³/mol. The van der Waals surface area contributed by atoms with E-state index in [0.29, 0.717) is 17.9 Å². The number of alkyl halides is 3. The van der Waals surface area contributed by atoms with Crippen LogP contribution in [-0.2, 0) is 24.0 Å². The van der Waals surface area contributed by atoms with Gasteiger partial charge >= 0.3 is 12.1 Å². The van der Waals surface area contributed by atoms with E-state index in [1.54, 1.807) is 24.3 Å². The van der Waals surface area contributed by atoms with Gasteiger partial charge in [-0.25, -0.2) is 4.79 Å². The molecule has 162 valence electrons. The molecule has 0 aliphatic heterocycles. The Morgan fingerprint density at radius 2 is 1.42 bits per heavy atom. The molecule has 0 saturated carbocycles. The molecule has 0 bridgehead atoms. The number of carboxylic acid groups (broad SMARTS) is 1. The van der Waals surface area contributed by atoms with Gasteiger partial charge in [-0.2, -0.15) is 13.2 Å². The molecule has 0 amide bonds. The Morgan fingerprint density at radius 1 is 0.839 bits per heavy atom. The smallest absolute Gasteiger partial charge is 0.416 e. The standard InChI is InChI=1S/C24H21F3O4/c1-23(22(28)29,31-21-13-9-19(10-14-21)24(25,26)27)15-17-7-11-20(12-8-17)30-16-18-5-3-2-4-6-18/h2-14H,15-16H2,1H3,(H,28,29). The highest BCUT2D eigenvalue weighted by Gasteiger charge is 2.36. The van der Waals surface area contributed by atoms with Crippen molar-refractivity contribution in [2.45, 2.75) is 31.7 Å². The molecule has 3 rings (SSSR count). The van der Waals surface area contributed by atoms with E-state index < -0.39 is 23.3 Å². The number of rotatable bonds is 8. The highest BCUT2D eigenvalue weighted by Crippen LogP contribution is 2.31. The lowest BCUT2D eigenvalue weighted by Crippen LogP contribution is -2.43.